The largest absolute Gasteiger partial charge is 0.354 e. The summed E-state index contributed by atoms with van der Waals surface area (Å²) < 4.78 is 7.11. The molecule has 156 valence electrons. The Bertz CT molecular complexity index is 800. The van der Waals surface area contributed by atoms with Crippen LogP contribution >= 0.6 is 0 Å². The number of hydrogen-bond donors (Lipinski definition) is 0. The van der Waals surface area contributed by atoms with E-state index < -0.39 is 5.60 Å². The summed E-state index contributed by atoms with van der Waals surface area (Å²) in [6.07, 6.45) is 5.15. The Balaban J connectivity index is 2.17. The summed E-state index contributed by atoms with van der Waals surface area (Å²) in [5.41, 5.74) is 2.86. The van der Waals surface area contributed by atoms with Gasteiger partial charge in [0.25, 0.3) is 0 Å². The van der Waals surface area contributed by atoms with Gasteiger partial charge >= 0.3 is 0 Å². The molecule has 0 saturated carbocycles. The van der Waals surface area contributed by atoms with Gasteiger partial charge < -0.3 is 4.74 Å². The molecule has 3 aromatic carbocycles. The van der Waals surface area contributed by atoms with Crippen molar-refractivity contribution in [1.29, 1.82) is 0 Å². The molecule has 1 nitrogen and oxygen atoms in total. The summed E-state index contributed by atoms with van der Waals surface area (Å²) in [5.74, 6) is 0. The van der Waals surface area contributed by atoms with E-state index >= 15 is 0 Å². The van der Waals surface area contributed by atoms with E-state index in [1.807, 2.05) is 6.08 Å². The minimum absolute atomic E-state index is 0.0767. The average molecular weight is 399 g/mol. The van der Waals surface area contributed by atoms with Crippen LogP contribution in [-0.2, 0) is 10.3 Å². The van der Waals surface area contributed by atoms with Crippen molar-refractivity contribution in [2.24, 2.45) is 5.41 Å². The number of ether oxygens (including phenoxy) is 1. The first-order valence-corrected chi connectivity index (χ1v) is 11.0. The Hall–Kier alpha value is -2.64. The average Bonchev–Trinajstić information content (AvgIpc) is 2.78. The van der Waals surface area contributed by atoms with Crippen LogP contribution in [0, 0.1) is 5.41 Å². The van der Waals surface area contributed by atoms with Crippen LogP contribution in [0.1, 0.15) is 56.7 Å². The lowest BCUT2D eigenvalue weighted by Gasteiger charge is -2.40. The Kier molecular flexibility index (Phi) is 7.29. The van der Waals surface area contributed by atoms with Gasteiger partial charge in [0.1, 0.15) is 5.60 Å². The van der Waals surface area contributed by atoms with Gasteiger partial charge in [-0.25, -0.2) is 0 Å². The van der Waals surface area contributed by atoms with Crippen LogP contribution in [0.5, 0.6) is 0 Å². The Morgan fingerprint density at radius 3 is 1.50 bits per heavy atom. The second-order valence-electron chi connectivity index (χ2n) is 8.79. The van der Waals surface area contributed by atoms with Crippen LogP contribution in [0.15, 0.2) is 104 Å². The van der Waals surface area contributed by atoms with Crippen molar-refractivity contribution in [3.63, 3.8) is 0 Å². The maximum absolute atomic E-state index is 7.11. The van der Waals surface area contributed by atoms with Crippen molar-refractivity contribution >= 4 is 0 Å². The van der Waals surface area contributed by atoms with E-state index in [0.717, 1.165) is 36.0 Å². The van der Waals surface area contributed by atoms with Crippen molar-refractivity contribution in [3.05, 3.63) is 120 Å². The normalized spacial score (nSPS) is 13.0. The van der Waals surface area contributed by atoms with Gasteiger partial charge in [0.2, 0.25) is 0 Å². The van der Waals surface area contributed by atoms with E-state index in [0.29, 0.717) is 0 Å². The molecule has 3 rings (SSSR count). The second-order valence-corrected chi connectivity index (χ2v) is 8.79. The Morgan fingerprint density at radius 1 is 0.767 bits per heavy atom. The van der Waals surface area contributed by atoms with Gasteiger partial charge in [-0.3, -0.25) is 0 Å². The van der Waals surface area contributed by atoms with Crippen LogP contribution in [0.3, 0.4) is 0 Å². The highest BCUT2D eigenvalue weighted by atomic mass is 16.5. The van der Waals surface area contributed by atoms with E-state index in [4.69, 9.17) is 4.74 Å². The molecule has 1 heteroatoms. The maximum Gasteiger partial charge on any atom is 0.144 e. The minimum atomic E-state index is -0.703. The van der Waals surface area contributed by atoms with E-state index in [9.17, 15) is 0 Å². The third kappa shape index (κ3) is 4.91. The summed E-state index contributed by atoms with van der Waals surface area (Å²) in [6.45, 7) is 11.0. The summed E-state index contributed by atoms with van der Waals surface area (Å²) in [6, 6.07) is 31.7. The van der Waals surface area contributed by atoms with Crippen molar-refractivity contribution in [3.8, 4) is 0 Å². The van der Waals surface area contributed by atoms with Crippen LogP contribution in [-0.4, -0.2) is 6.10 Å². The third-order valence-corrected chi connectivity index (χ3v) is 5.81. The number of benzene rings is 3. The summed E-state index contributed by atoms with van der Waals surface area (Å²) in [5, 5.41) is 0. The van der Waals surface area contributed by atoms with Gasteiger partial charge in [0.15, 0.2) is 0 Å². The molecule has 0 saturated heterocycles. The zero-order valence-electron chi connectivity index (χ0n) is 18.6. The lowest BCUT2D eigenvalue weighted by atomic mass is 9.78. The van der Waals surface area contributed by atoms with E-state index in [1.54, 1.807) is 0 Å². The van der Waals surface area contributed by atoms with E-state index in [-0.39, 0.29) is 11.5 Å². The van der Waals surface area contributed by atoms with Gasteiger partial charge in [-0.1, -0.05) is 124 Å². The molecule has 0 aliphatic carbocycles. The highest BCUT2D eigenvalue weighted by Crippen LogP contribution is 2.43. The van der Waals surface area contributed by atoms with Gasteiger partial charge in [-0.15, -0.1) is 6.58 Å². The van der Waals surface area contributed by atoms with Crippen molar-refractivity contribution in [2.45, 2.75) is 51.7 Å². The lowest BCUT2D eigenvalue weighted by molar-refractivity contribution is -0.0420. The first kappa shape index (κ1) is 22.1. The van der Waals surface area contributed by atoms with Gasteiger partial charge in [0.05, 0.1) is 6.10 Å². The molecule has 0 aromatic heterocycles. The molecule has 0 spiro atoms. The molecule has 0 heterocycles. The molecule has 1 atom stereocenters. The van der Waals surface area contributed by atoms with Crippen LogP contribution in [0.25, 0.3) is 0 Å². The third-order valence-electron chi connectivity index (χ3n) is 5.81. The molecule has 0 radical (unpaired) electrons. The fourth-order valence-corrected chi connectivity index (χ4v) is 4.45. The van der Waals surface area contributed by atoms with E-state index in [2.05, 4.69) is 118 Å². The number of rotatable bonds is 10. The summed E-state index contributed by atoms with van der Waals surface area (Å²) in [4.78, 5) is 0. The standard InChI is InChI=1S/C29H34O/c1-5-22-28(3,4)23-27(6-2)30-29(24-16-10-7-11-17-24,25-18-12-8-13-19-25)26-20-14-9-15-21-26/h6-21,27H,2,5,22-23H2,1,3-4H3. The van der Waals surface area contributed by atoms with Gasteiger partial charge in [-0.05, 0) is 34.9 Å². The molecule has 0 aliphatic rings. The fourth-order valence-electron chi connectivity index (χ4n) is 4.45. The van der Waals surface area contributed by atoms with E-state index in [1.165, 1.54) is 0 Å². The molecular formula is C29H34O. The zero-order chi connectivity index (χ0) is 21.5. The molecule has 1 unspecified atom stereocenters. The first-order chi connectivity index (χ1) is 14.5. The van der Waals surface area contributed by atoms with Crippen LogP contribution in [0.2, 0.25) is 0 Å². The SMILES string of the molecule is C=CC(CC(C)(C)CCC)OC(c1ccccc1)(c1ccccc1)c1ccccc1. The second kappa shape index (κ2) is 9.91. The van der Waals surface area contributed by atoms with Crippen molar-refractivity contribution in [1.82, 2.24) is 0 Å². The topological polar surface area (TPSA) is 9.23 Å². The monoisotopic (exact) mass is 398 g/mol. The smallest absolute Gasteiger partial charge is 0.144 e. The van der Waals surface area contributed by atoms with Crippen molar-refractivity contribution in [2.75, 3.05) is 0 Å². The first-order valence-electron chi connectivity index (χ1n) is 11.0. The fraction of sp³-hybridized carbons (Fsp3) is 0.310. The lowest BCUT2D eigenvalue weighted by Crippen LogP contribution is -2.37. The number of hydrogen-bond acceptors (Lipinski definition) is 1. The molecule has 0 bridgehead atoms. The Labute approximate surface area is 182 Å². The van der Waals surface area contributed by atoms with Gasteiger partial charge in [-0.2, -0.15) is 0 Å². The molecule has 0 fully saturated rings. The summed E-state index contributed by atoms with van der Waals surface area (Å²) in [7, 11) is 0. The Morgan fingerprint density at radius 2 is 1.17 bits per heavy atom. The van der Waals surface area contributed by atoms with Crippen LogP contribution in [0.4, 0.5) is 0 Å². The maximum atomic E-state index is 7.11. The van der Waals surface area contributed by atoms with Gasteiger partial charge in [0, 0.05) is 0 Å². The van der Waals surface area contributed by atoms with Crippen molar-refractivity contribution < 1.29 is 4.74 Å². The predicted octanol–water partition coefficient (Wildman–Crippen LogP) is 7.77. The molecular weight excluding hydrogens is 364 g/mol. The summed E-state index contributed by atoms with van der Waals surface area (Å²) >= 11 is 0. The molecule has 30 heavy (non-hydrogen) atoms. The molecule has 0 aliphatic heterocycles. The molecule has 3 aromatic rings. The molecule has 0 amide bonds. The highest BCUT2D eigenvalue weighted by molar-refractivity contribution is 5.47. The highest BCUT2D eigenvalue weighted by Gasteiger charge is 2.40. The quantitative estimate of drug-likeness (QED) is 0.250. The zero-order valence-corrected chi connectivity index (χ0v) is 18.6. The predicted molar refractivity (Wildman–Crippen MR) is 128 cm³/mol. The minimum Gasteiger partial charge on any atom is -0.354 e. The molecule has 0 N–H and O–H groups in total. The van der Waals surface area contributed by atoms with Crippen LogP contribution < -0.4 is 0 Å².